The lowest BCUT2D eigenvalue weighted by atomic mass is 10.1. The van der Waals surface area contributed by atoms with Gasteiger partial charge in [0.05, 0.1) is 11.7 Å². The molecule has 0 radical (unpaired) electrons. The smallest absolute Gasteiger partial charge is 0.0679 e. The molecule has 0 unspecified atom stereocenters. The Morgan fingerprint density at radius 2 is 1.82 bits per heavy atom. The highest BCUT2D eigenvalue weighted by Crippen LogP contribution is 2.16. The summed E-state index contributed by atoms with van der Waals surface area (Å²) in [5.74, 6) is 0. The van der Waals surface area contributed by atoms with Gasteiger partial charge in [-0.3, -0.25) is 4.68 Å². The minimum atomic E-state index is 0.821. The van der Waals surface area contributed by atoms with Crippen LogP contribution in [0, 0.1) is 0 Å². The number of likely N-dealkylation sites (N-methyl/N-ethyl adjacent to an activating group) is 1. The molecule has 0 aliphatic carbocycles. The number of nitrogens with two attached hydrogens (primary N) is 1. The van der Waals surface area contributed by atoms with E-state index in [2.05, 4.69) is 47.4 Å². The minimum absolute atomic E-state index is 0.821. The normalized spacial score (nSPS) is 11.4. The third-order valence-corrected chi connectivity index (χ3v) is 4.03. The number of rotatable bonds is 5. The van der Waals surface area contributed by atoms with Crippen LogP contribution in [0.3, 0.4) is 0 Å². The summed E-state index contributed by atoms with van der Waals surface area (Å²) in [5.41, 5.74) is 10.4. The Balaban J connectivity index is 1.60. The van der Waals surface area contributed by atoms with Crippen LogP contribution in [-0.2, 0) is 20.0 Å². The number of benzene rings is 2. The zero-order valence-corrected chi connectivity index (χ0v) is 13.2. The van der Waals surface area contributed by atoms with Crippen LogP contribution in [0.2, 0.25) is 0 Å². The van der Waals surface area contributed by atoms with Crippen molar-refractivity contribution in [2.75, 3.05) is 19.3 Å². The molecule has 4 nitrogen and oxygen atoms in total. The molecule has 0 spiro atoms. The quantitative estimate of drug-likeness (QED) is 0.736. The molecule has 0 atom stereocenters. The maximum atomic E-state index is 5.71. The second kappa shape index (κ2) is 6.20. The highest BCUT2D eigenvalue weighted by atomic mass is 15.2. The SMILES string of the molecule is CN(CCc1ccc(N)cc1)Cc1ccc2c(cnn2C)c1. The molecule has 0 saturated heterocycles. The van der Waals surface area contributed by atoms with Gasteiger partial charge in [-0.05, 0) is 48.9 Å². The highest BCUT2D eigenvalue weighted by Gasteiger charge is 2.04. The number of nitrogen functional groups attached to an aromatic ring is 1. The lowest BCUT2D eigenvalue weighted by Gasteiger charge is -2.17. The van der Waals surface area contributed by atoms with Crippen LogP contribution < -0.4 is 5.73 Å². The Hall–Kier alpha value is -2.33. The van der Waals surface area contributed by atoms with Crippen molar-refractivity contribution < 1.29 is 0 Å². The van der Waals surface area contributed by atoms with Crippen LogP contribution >= 0.6 is 0 Å². The van der Waals surface area contributed by atoms with Crippen molar-refractivity contribution in [3.8, 4) is 0 Å². The zero-order valence-electron chi connectivity index (χ0n) is 13.2. The number of hydrogen-bond donors (Lipinski definition) is 1. The molecule has 3 rings (SSSR count). The summed E-state index contributed by atoms with van der Waals surface area (Å²) in [5, 5.41) is 5.49. The Morgan fingerprint density at radius 1 is 1.09 bits per heavy atom. The maximum absolute atomic E-state index is 5.71. The van der Waals surface area contributed by atoms with Gasteiger partial charge in [-0.25, -0.2) is 0 Å². The molecule has 22 heavy (non-hydrogen) atoms. The van der Waals surface area contributed by atoms with E-state index in [9.17, 15) is 0 Å². The van der Waals surface area contributed by atoms with E-state index in [0.717, 1.165) is 25.2 Å². The lowest BCUT2D eigenvalue weighted by Crippen LogP contribution is -2.20. The first kappa shape index (κ1) is 14.6. The fraction of sp³-hybridized carbons (Fsp3) is 0.278. The fourth-order valence-corrected chi connectivity index (χ4v) is 2.71. The Morgan fingerprint density at radius 3 is 2.59 bits per heavy atom. The molecule has 0 bridgehead atoms. The van der Waals surface area contributed by atoms with Crippen molar-refractivity contribution in [1.82, 2.24) is 14.7 Å². The van der Waals surface area contributed by atoms with Gasteiger partial charge in [0, 0.05) is 31.2 Å². The van der Waals surface area contributed by atoms with Gasteiger partial charge in [-0.1, -0.05) is 18.2 Å². The molecule has 1 aromatic heterocycles. The largest absolute Gasteiger partial charge is 0.399 e. The molecule has 114 valence electrons. The van der Waals surface area contributed by atoms with E-state index in [1.165, 1.54) is 22.0 Å². The number of nitrogens with zero attached hydrogens (tertiary/aromatic N) is 3. The summed E-state index contributed by atoms with van der Waals surface area (Å²) in [7, 11) is 4.13. The molecule has 0 saturated carbocycles. The summed E-state index contributed by atoms with van der Waals surface area (Å²) in [6.45, 7) is 1.97. The number of aromatic nitrogens is 2. The molecule has 4 heteroatoms. The molecule has 0 fully saturated rings. The predicted molar refractivity (Wildman–Crippen MR) is 91.6 cm³/mol. The molecule has 0 aliphatic heterocycles. The van der Waals surface area contributed by atoms with Gasteiger partial charge in [0.15, 0.2) is 0 Å². The average molecular weight is 294 g/mol. The van der Waals surface area contributed by atoms with Crippen LogP contribution in [0.15, 0.2) is 48.7 Å². The Bertz CT molecular complexity index is 758. The number of hydrogen-bond acceptors (Lipinski definition) is 3. The zero-order chi connectivity index (χ0) is 15.5. The van der Waals surface area contributed by atoms with Crippen molar-refractivity contribution in [3.05, 3.63) is 59.8 Å². The van der Waals surface area contributed by atoms with Gasteiger partial charge in [-0.15, -0.1) is 0 Å². The maximum Gasteiger partial charge on any atom is 0.0679 e. The summed E-state index contributed by atoms with van der Waals surface area (Å²) < 4.78 is 1.91. The Labute approximate surface area is 131 Å². The third kappa shape index (κ3) is 3.28. The van der Waals surface area contributed by atoms with Crippen molar-refractivity contribution in [3.63, 3.8) is 0 Å². The van der Waals surface area contributed by atoms with Crippen LogP contribution in [0.25, 0.3) is 10.9 Å². The average Bonchev–Trinajstić information content (AvgIpc) is 2.88. The Kier molecular flexibility index (Phi) is 4.11. The lowest BCUT2D eigenvalue weighted by molar-refractivity contribution is 0.331. The molecular weight excluding hydrogens is 272 g/mol. The topological polar surface area (TPSA) is 47.1 Å². The highest BCUT2D eigenvalue weighted by molar-refractivity contribution is 5.79. The predicted octanol–water partition coefficient (Wildman–Crippen LogP) is 2.83. The van der Waals surface area contributed by atoms with E-state index in [1.807, 2.05) is 30.1 Å². The van der Waals surface area contributed by atoms with Crippen molar-refractivity contribution >= 4 is 16.6 Å². The van der Waals surface area contributed by atoms with Gasteiger partial charge in [0.1, 0.15) is 0 Å². The van der Waals surface area contributed by atoms with Gasteiger partial charge >= 0.3 is 0 Å². The molecular formula is C18H22N4. The molecule has 0 aliphatic rings. The number of anilines is 1. The summed E-state index contributed by atoms with van der Waals surface area (Å²) in [6.07, 6.45) is 2.96. The first-order chi connectivity index (χ1) is 10.6. The van der Waals surface area contributed by atoms with E-state index in [0.29, 0.717) is 0 Å². The van der Waals surface area contributed by atoms with E-state index in [4.69, 9.17) is 5.73 Å². The molecule has 3 aromatic rings. The van der Waals surface area contributed by atoms with Gasteiger partial charge in [0.25, 0.3) is 0 Å². The summed E-state index contributed by atoms with van der Waals surface area (Å²) in [4.78, 5) is 2.34. The van der Waals surface area contributed by atoms with E-state index in [1.54, 1.807) is 0 Å². The van der Waals surface area contributed by atoms with Crippen molar-refractivity contribution in [1.29, 1.82) is 0 Å². The first-order valence-electron chi connectivity index (χ1n) is 7.55. The number of fused-ring (bicyclic) bond motifs is 1. The third-order valence-electron chi connectivity index (χ3n) is 4.03. The summed E-state index contributed by atoms with van der Waals surface area (Å²) in [6, 6.07) is 14.7. The first-order valence-corrected chi connectivity index (χ1v) is 7.55. The monoisotopic (exact) mass is 294 g/mol. The van der Waals surface area contributed by atoms with E-state index < -0.39 is 0 Å². The molecule has 2 N–H and O–H groups in total. The molecule has 1 heterocycles. The molecule has 2 aromatic carbocycles. The summed E-state index contributed by atoms with van der Waals surface area (Å²) >= 11 is 0. The second-order valence-electron chi connectivity index (χ2n) is 5.89. The molecule has 0 amide bonds. The second-order valence-corrected chi connectivity index (χ2v) is 5.89. The van der Waals surface area contributed by atoms with Gasteiger partial charge in [0.2, 0.25) is 0 Å². The minimum Gasteiger partial charge on any atom is -0.399 e. The van der Waals surface area contributed by atoms with Crippen LogP contribution in [-0.4, -0.2) is 28.3 Å². The van der Waals surface area contributed by atoms with E-state index >= 15 is 0 Å². The standard InChI is InChI=1S/C18H22N4/c1-21(10-9-14-3-6-17(19)7-4-14)13-15-5-8-18-16(11-15)12-20-22(18)2/h3-8,11-12H,9-10,13,19H2,1-2H3. The van der Waals surface area contributed by atoms with Crippen LogP contribution in [0.1, 0.15) is 11.1 Å². The van der Waals surface area contributed by atoms with Crippen molar-refractivity contribution in [2.24, 2.45) is 7.05 Å². The van der Waals surface area contributed by atoms with E-state index in [-0.39, 0.29) is 0 Å². The van der Waals surface area contributed by atoms with Crippen LogP contribution in [0.5, 0.6) is 0 Å². The van der Waals surface area contributed by atoms with Crippen molar-refractivity contribution in [2.45, 2.75) is 13.0 Å². The number of aryl methyl sites for hydroxylation is 1. The van der Waals surface area contributed by atoms with Gasteiger partial charge in [-0.2, -0.15) is 5.10 Å². The van der Waals surface area contributed by atoms with Crippen LogP contribution in [0.4, 0.5) is 5.69 Å². The fourth-order valence-electron chi connectivity index (χ4n) is 2.71. The van der Waals surface area contributed by atoms with Gasteiger partial charge < -0.3 is 10.6 Å².